The highest BCUT2D eigenvalue weighted by Gasteiger charge is 2.18. The van der Waals surface area contributed by atoms with E-state index >= 15 is 0 Å². The molecule has 0 spiro atoms. The van der Waals surface area contributed by atoms with E-state index in [1.54, 1.807) is 48.5 Å². The molecule has 7 nitrogen and oxygen atoms in total. The minimum atomic E-state index is -3.56. The molecule has 0 atom stereocenters. The van der Waals surface area contributed by atoms with E-state index in [1.165, 1.54) is 30.3 Å². The van der Waals surface area contributed by atoms with Crippen LogP contribution in [0.2, 0.25) is 0 Å². The SMILES string of the molecule is CS(=O)(=O)c1ccccc1NC(=O)COC(=O)c1cc(-c2ccc(F)cc2)nc2ccccc12. The number of amides is 1. The number of carbonyl (C=O) groups is 2. The van der Waals surface area contributed by atoms with E-state index in [4.69, 9.17) is 4.74 Å². The van der Waals surface area contributed by atoms with Crippen LogP contribution in [0.5, 0.6) is 0 Å². The van der Waals surface area contributed by atoms with Crippen molar-refractivity contribution in [1.29, 1.82) is 0 Å². The molecule has 9 heteroatoms. The summed E-state index contributed by atoms with van der Waals surface area (Å²) in [7, 11) is -3.56. The number of anilines is 1. The lowest BCUT2D eigenvalue weighted by Gasteiger charge is -2.12. The van der Waals surface area contributed by atoms with Gasteiger partial charge in [0.1, 0.15) is 5.82 Å². The van der Waals surface area contributed by atoms with Crippen molar-refractivity contribution in [2.45, 2.75) is 4.90 Å². The van der Waals surface area contributed by atoms with Gasteiger partial charge in [0.05, 0.1) is 27.4 Å². The maximum Gasteiger partial charge on any atom is 0.339 e. The van der Waals surface area contributed by atoms with Gasteiger partial charge in [-0.2, -0.15) is 0 Å². The normalized spacial score (nSPS) is 11.2. The van der Waals surface area contributed by atoms with Gasteiger partial charge in [-0.3, -0.25) is 4.79 Å². The van der Waals surface area contributed by atoms with Crippen molar-refractivity contribution in [3.05, 3.63) is 90.2 Å². The van der Waals surface area contributed by atoms with Crippen LogP contribution < -0.4 is 5.32 Å². The molecule has 0 unspecified atom stereocenters. The van der Waals surface area contributed by atoms with Crippen molar-refractivity contribution in [3.63, 3.8) is 0 Å². The molecule has 1 amide bonds. The van der Waals surface area contributed by atoms with Crippen LogP contribution in [0, 0.1) is 5.82 Å². The number of nitrogens with zero attached hydrogens (tertiary/aromatic N) is 1. The first kappa shape index (κ1) is 23.1. The highest BCUT2D eigenvalue weighted by Crippen LogP contribution is 2.26. The van der Waals surface area contributed by atoms with Gasteiger partial charge >= 0.3 is 5.97 Å². The minimum absolute atomic E-state index is 0.0428. The van der Waals surface area contributed by atoms with Gasteiger partial charge < -0.3 is 10.1 Å². The summed E-state index contributed by atoms with van der Waals surface area (Å²) in [5, 5.41) is 2.99. The molecule has 0 aliphatic carbocycles. The van der Waals surface area contributed by atoms with Crippen LogP contribution >= 0.6 is 0 Å². The number of aromatic nitrogens is 1. The Hall–Kier alpha value is -4.11. The molecule has 0 saturated heterocycles. The second-order valence-electron chi connectivity index (χ2n) is 7.47. The van der Waals surface area contributed by atoms with E-state index in [1.807, 2.05) is 0 Å². The number of rotatable bonds is 6. The molecule has 3 aromatic carbocycles. The number of hydrogen-bond donors (Lipinski definition) is 1. The summed E-state index contributed by atoms with van der Waals surface area (Å²) < 4.78 is 42.4. The Balaban J connectivity index is 1.57. The second-order valence-corrected chi connectivity index (χ2v) is 9.46. The van der Waals surface area contributed by atoms with Crippen LogP contribution in [0.15, 0.2) is 83.8 Å². The van der Waals surface area contributed by atoms with Crippen molar-refractivity contribution in [2.75, 3.05) is 18.2 Å². The van der Waals surface area contributed by atoms with Gasteiger partial charge in [-0.1, -0.05) is 30.3 Å². The summed E-state index contributed by atoms with van der Waals surface area (Å²) in [5.41, 5.74) is 1.87. The Morgan fingerprint density at radius 3 is 2.38 bits per heavy atom. The summed E-state index contributed by atoms with van der Waals surface area (Å²) in [6.45, 7) is -0.626. The fraction of sp³-hybridized carbons (Fsp3) is 0.0800. The molecule has 1 N–H and O–H groups in total. The average molecular weight is 479 g/mol. The van der Waals surface area contributed by atoms with Gasteiger partial charge in [0.15, 0.2) is 16.4 Å². The van der Waals surface area contributed by atoms with Crippen LogP contribution in [-0.2, 0) is 19.4 Å². The Labute approximate surface area is 195 Å². The molecule has 34 heavy (non-hydrogen) atoms. The number of halogens is 1. The predicted molar refractivity (Wildman–Crippen MR) is 126 cm³/mol. The molecule has 0 saturated carbocycles. The molecular weight excluding hydrogens is 459 g/mol. The Bertz CT molecular complexity index is 1500. The lowest BCUT2D eigenvalue weighted by molar-refractivity contribution is -0.119. The maximum atomic E-state index is 13.3. The number of para-hydroxylation sites is 2. The molecule has 0 bridgehead atoms. The number of nitrogens with one attached hydrogen (secondary N) is 1. The third kappa shape index (κ3) is 5.10. The number of ether oxygens (including phenoxy) is 1. The highest BCUT2D eigenvalue weighted by atomic mass is 32.2. The lowest BCUT2D eigenvalue weighted by atomic mass is 10.0. The molecule has 172 valence electrons. The fourth-order valence-electron chi connectivity index (χ4n) is 3.40. The monoisotopic (exact) mass is 478 g/mol. The molecule has 0 aliphatic rings. The molecule has 1 heterocycles. The van der Waals surface area contributed by atoms with Gasteiger partial charge in [-0.05, 0) is 48.5 Å². The van der Waals surface area contributed by atoms with Crippen LogP contribution in [0.4, 0.5) is 10.1 Å². The summed E-state index contributed by atoms with van der Waals surface area (Å²) in [6, 6.07) is 20.1. The van der Waals surface area contributed by atoms with Crippen molar-refractivity contribution in [3.8, 4) is 11.3 Å². The Morgan fingerprint density at radius 1 is 0.971 bits per heavy atom. The maximum absolute atomic E-state index is 13.3. The van der Waals surface area contributed by atoms with Crippen molar-refractivity contribution < 1.29 is 27.1 Å². The van der Waals surface area contributed by atoms with Crippen LogP contribution in [0.3, 0.4) is 0 Å². The van der Waals surface area contributed by atoms with Gasteiger partial charge in [-0.25, -0.2) is 22.6 Å². The van der Waals surface area contributed by atoms with Crippen LogP contribution in [0.1, 0.15) is 10.4 Å². The smallest absolute Gasteiger partial charge is 0.339 e. The first-order valence-electron chi connectivity index (χ1n) is 10.1. The number of esters is 1. The topological polar surface area (TPSA) is 102 Å². The third-order valence-corrected chi connectivity index (χ3v) is 6.13. The Kier molecular flexibility index (Phi) is 6.38. The molecule has 1 aromatic heterocycles. The van der Waals surface area contributed by atoms with Gasteiger partial charge in [0.25, 0.3) is 5.91 Å². The molecular formula is C25H19FN2O5S. The summed E-state index contributed by atoms with van der Waals surface area (Å²) in [4.78, 5) is 29.8. The zero-order valence-electron chi connectivity index (χ0n) is 18.0. The van der Waals surface area contributed by atoms with Crippen molar-refractivity contribution >= 4 is 38.3 Å². The van der Waals surface area contributed by atoms with E-state index in [2.05, 4.69) is 10.3 Å². The number of fused-ring (bicyclic) bond motifs is 1. The summed E-state index contributed by atoms with van der Waals surface area (Å²) in [5.74, 6) is -1.84. The van der Waals surface area contributed by atoms with E-state index < -0.39 is 34.1 Å². The Morgan fingerprint density at radius 2 is 1.65 bits per heavy atom. The highest BCUT2D eigenvalue weighted by molar-refractivity contribution is 7.90. The van der Waals surface area contributed by atoms with Gasteiger partial charge in [0.2, 0.25) is 0 Å². The molecule has 4 aromatic rings. The van der Waals surface area contributed by atoms with E-state index in [9.17, 15) is 22.4 Å². The zero-order chi connectivity index (χ0) is 24.3. The van der Waals surface area contributed by atoms with E-state index in [0.717, 1.165) is 6.26 Å². The van der Waals surface area contributed by atoms with Crippen molar-refractivity contribution in [1.82, 2.24) is 4.98 Å². The number of pyridine rings is 1. The van der Waals surface area contributed by atoms with E-state index in [-0.39, 0.29) is 16.1 Å². The number of benzene rings is 3. The molecule has 0 fully saturated rings. The second kappa shape index (κ2) is 9.40. The number of carbonyl (C=O) groups excluding carboxylic acids is 2. The largest absolute Gasteiger partial charge is 0.452 e. The number of hydrogen-bond acceptors (Lipinski definition) is 6. The molecule has 0 radical (unpaired) electrons. The van der Waals surface area contributed by atoms with Gasteiger partial charge in [0, 0.05) is 17.2 Å². The summed E-state index contributed by atoms with van der Waals surface area (Å²) in [6.07, 6.45) is 1.03. The standard InChI is InChI=1S/C25H19FN2O5S/c1-34(31,32)23-9-5-4-8-21(23)28-24(29)15-33-25(30)19-14-22(16-10-12-17(26)13-11-16)27-20-7-3-2-6-18(19)20/h2-14H,15H2,1H3,(H,28,29). The predicted octanol–water partition coefficient (Wildman–Crippen LogP) is 4.24. The minimum Gasteiger partial charge on any atom is -0.452 e. The lowest BCUT2D eigenvalue weighted by Crippen LogP contribution is -2.22. The fourth-order valence-corrected chi connectivity index (χ4v) is 4.25. The third-order valence-electron chi connectivity index (χ3n) is 4.97. The average Bonchev–Trinajstić information content (AvgIpc) is 2.82. The van der Waals surface area contributed by atoms with Gasteiger partial charge in [-0.15, -0.1) is 0 Å². The summed E-state index contributed by atoms with van der Waals surface area (Å²) >= 11 is 0. The quantitative estimate of drug-likeness (QED) is 0.416. The van der Waals surface area contributed by atoms with E-state index in [0.29, 0.717) is 22.2 Å². The van der Waals surface area contributed by atoms with Crippen LogP contribution in [-0.4, -0.2) is 38.1 Å². The molecule has 4 rings (SSSR count). The van der Waals surface area contributed by atoms with Crippen molar-refractivity contribution in [2.24, 2.45) is 0 Å². The first-order valence-corrected chi connectivity index (χ1v) is 12.0. The zero-order valence-corrected chi connectivity index (χ0v) is 18.8. The molecule has 0 aliphatic heterocycles. The first-order chi connectivity index (χ1) is 16.2. The number of sulfone groups is 1. The van der Waals surface area contributed by atoms with Crippen LogP contribution in [0.25, 0.3) is 22.2 Å².